The summed E-state index contributed by atoms with van der Waals surface area (Å²) in [5, 5.41) is 29.3. The van der Waals surface area contributed by atoms with Crippen LogP contribution < -0.4 is 11.1 Å². The molecule has 15 nitrogen and oxygen atoms in total. The molecular formula is C24H36N4O11. The van der Waals surface area contributed by atoms with Gasteiger partial charge in [-0.2, -0.15) is 0 Å². The van der Waals surface area contributed by atoms with Crippen LogP contribution in [0.1, 0.15) is 60.8 Å². The Kier molecular flexibility index (Phi) is 13.6. The smallest absolute Gasteiger partial charge is 0.419 e. The lowest BCUT2D eigenvalue weighted by Crippen LogP contribution is -2.44. The fraction of sp³-hybridized carbons (Fsp3) is 0.542. The van der Waals surface area contributed by atoms with E-state index in [0.717, 1.165) is 17.0 Å². The Morgan fingerprint density at radius 1 is 0.949 bits per heavy atom. The van der Waals surface area contributed by atoms with E-state index >= 15 is 0 Å². The summed E-state index contributed by atoms with van der Waals surface area (Å²) >= 11 is 0. The van der Waals surface area contributed by atoms with Crippen LogP contribution in [0.15, 0.2) is 24.3 Å². The molecule has 15 heteroatoms. The standard InChI is InChI=1S/C16H30N2O6.C8H6N2O5/c1-15(2,3)23-13(21)18(14(22)24-16(4,5)6)10-8-7-9-11(17)12(19)20;11-7(8(12)13)9-5-1-3-6(4-2-5)10(14)15/h11H,7-10,17H2,1-6H3,(H,19,20);1-4H,(H,9,11)(H,12,13)/t11-;/m0./s1. The molecule has 0 unspecified atom stereocenters. The van der Waals surface area contributed by atoms with E-state index < -0.39 is 52.2 Å². The fourth-order valence-electron chi connectivity index (χ4n) is 2.50. The average molecular weight is 557 g/mol. The summed E-state index contributed by atoms with van der Waals surface area (Å²) in [5.41, 5.74) is 3.98. The fourth-order valence-corrected chi connectivity index (χ4v) is 2.50. The van der Waals surface area contributed by atoms with Crippen LogP contribution in [-0.4, -0.2) is 73.9 Å². The molecule has 218 valence electrons. The maximum absolute atomic E-state index is 12.2. The lowest BCUT2D eigenvalue weighted by molar-refractivity contribution is -0.384. The number of carbonyl (C=O) groups is 5. The second kappa shape index (κ2) is 15.2. The lowest BCUT2D eigenvalue weighted by Gasteiger charge is -2.28. The van der Waals surface area contributed by atoms with Crippen molar-refractivity contribution in [2.45, 2.75) is 78.0 Å². The molecule has 1 aromatic rings. The van der Waals surface area contributed by atoms with Crippen LogP contribution in [0.2, 0.25) is 0 Å². The van der Waals surface area contributed by atoms with Crippen molar-refractivity contribution in [1.29, 1.82) is 0 Å². The molecule has 0 aliphatic heterocycles. The minimum atomic E-state index is -1.62. The second-order valence-electron chi connectivity index (χ2n) is 10.1. The van der Waals surface area contributed by atoms with Crippen LogP contribution in [0.5, 0.6) is 0 Å². The van der Waals surface area contributed by atoms with Gasteiger partial charge < -0.3 is 30.7 Å². The summed E-state index contributed by atoms with van der Waals surface area (Å²) in [7, 11) is 0. The maximum Gasteiger partial charge on any atom is 0.419 e. The molecule has 0 aromatic heterocycles. The van der Waals surface area contributed by atoms with Crippen molar-refractivity contribution < 1.29 is 48.6 Å². The van der Waals surface area contributed by atoms with Gasteiger partial charge in [0.05, 0.1) is 4.92 Å². The number of nitrogens with one attached hydrogen (secondary N) is 1. The van der Waals surface area contributed by atoms with Crippen LogP contribution in [0.25, 0.3) is 0 Å². The van der Waals surface area contributed by atoms with Crippen LogP contribution in [-0.2, 0) is 23.9 Å². The van der Waals surface area contributed by atoms with Crippen LogP contribution in [0.4, 0.5) is 21.0 Å². The number of amides is 3. The molecule has 0 radical (unpaired) electrons. The zero-order chi connectivity index (χ0) is 30.6. The second-order valence-corrected chi connectivity index (χ2v) is 10.1. The Labute approximate surface area is 225 Å². The van der Waals surface area contributed by atoms with Gasteiger partial charge in [-0.3, -0.25) is 19.7 Å². The minimum Gasteiger partial charge on any atom is -0.480 e. The monoisotopic (exact) mass is 556 g/mol. The topological polar surface area (TPSA) is 229 Å². The first-order valence-corrected chi connectivity index (χ1v) is 11.7. The molecular weight excluding hydrogens is 520 g/mol. The number of nitro benzene ring substituents is 1. The molecule has 5 N–H and O–H groups in total. The van der Waals surface area contributed by atoms with Crippen LogP contribution >= 0.6 is 0 Å². The van der Waals surface area contributed by atoms with Crippen molar-refractivity contribution in [3.05, 3.63) is 34.4 Å². The molecule has 0 heterocycles. The molecule has 1 rings (SSSR count). The number of unbranched alkanes of at least 4 members (excludes halogenated alkanes) is 1. The van der Waals surface area contributed by atoms with E-state index in [1.807, 2.05) is 5.32 Å². The van der Waals surface area contributed by atoms with Crippen molar-refractivity contribution in [2.75, 3.05) is 11.9 Å². The number of anilines is 1. The van der Waals surface area contributed by atoms with E-state index in [2.05, 4.69) is 0 Å². The average Bonchev–Trinajstić information content (AvgIpc) is 2.76. The van der Waals surface area contributed by atoms with Gasteiger partial charge in [-0.05, 0) is 72.9 Å². The molecule has 3 amide bonds. The van der Waals surface area contributed by atoms with E-state index in [1.54, 1.807) is 41.5 Å². The van der Waals surface area contributed by atoms with Crippen LogP contribution in [0.3, 0.4) is 0 Å². The first kappa shape index (κ1) is 34.7. The number of imide groups is 1. The molecule has 0 fully saturated rings. The summed E-state index contributed by atoms with van der Waals surface area (Å²) < 4.78 is 10.4. The third kappa shape index (κ3) is 15.6. The highest BCUT2D eigenvalue weighted by Crippen LogP contribution is 2.16. The zero-order valence-corrected chi connectivity index (χ0v) is 22.8. The predicted molar refractivity (Wildman–Crippen MR) is 138 cm³/mol. The van der Waals surface area contributed by atoms with Crippen LogP contribution in [0, 0.1) is 10.1 Å². The Balaban J connectivity index is 0.000000820. The van der Waals surface area contributed by atoms with E-state index in [1.165, 1.54) is 12.1 Å². The number of carbonyl (C=O) groups excluding carboxylic acids is 3. The highest BCUT2D eigenvalue weighted by atomic mass is 16.6. The van der Waals surface area contributed by atoms with Gasteiger partial charge in [0.2, 0.25) is 0 Å². The Hall–Kier alpha value is -4.27. The molecule has 0 spiro atoms. The molecule has 0 aliphatic carbocycles. The number of ether oxygens (including phenoxy) is 2. The van der Waals surface area contributed by atoms with E-state index in [9.17, 15) is 34.1 Å². The molecule has 39 heavy (non-hydrogen) atoms. The van der Waals surface area contributed by atoms with Gasteiger partial charge >= 0.3 is 30.0 Å². The Morgan fingerprint density at radius 2 is 1.41 bits per heavy atom. The predicted octanol–water partition coefficient (Wildman–Crippen LogP) is 3.36. The lowest BCUT2D eigenvalue weighted by atomic mass is 10.1. The minimum absolute atomic E-state index is 0.0656. The number of aliphatic carboxylic acids is 2. The normalized spacial score (nSPS) is 11.7. The molecule has 0 aliphatic rings. The number of nitro groups is 1. The van der Waals surface area contributed by atoms with Gasteiger partial charge in [-0.1, -0.05) is 0 Å². The third-order valence-corrected chi connectivity index (χ3v) is 4.22. The number of hydrogen-bond donors (Lipinski definition) is 4. The number of benzene rings is 1. The van der Waals surface area contributed by atoms with Crippen molar-refractivity contribution >= 4 is 41.4 Å². The van der Waals surface area contributed by atoms with E-state index in [4.69, 9.17) is 25.4 Å². The maximum atomic E-state index is 12.2. The molecule has 1 atom stereocenters. The third-order valence-electron chi connectivity index (χ3n) is 4.22. The van der Waals surface area contributed by atoms with Crippen molar-refractivity contribution in [1.82, 2.24) is 4.90 Å². The highest BCUT2D eigenvalue weighted by Gasteiger charge is 2.30. The van der Waals surface area contributed by atoms with Gasteiger partial charge in [0, 0.05) is 24.4 Å². The summed E-state index contributed by atoms with van der Waals surface area (Å²) in [6.07, 6.45) is -0.473. The Morgan fingerprint density at radius 3 is 1.77 bits per heavy atom. The van der Waals surface area contributed by atoms with Gasteiger partial charge in [-0.15, -0.1) is 0 Å². The first-order valence-electron chi connectivity index (χ1n) is 11.7. The number of nitrogens with zero attached hydrogens (tertiary/aromatic N) is 2. The number of nitrogens with two attached hydrogens (primary N) is 1. The largest absolute Gasteiger partial charge is 0.480 e. The highest BCUT2D eigenvalue weighted by molar-refractivity contribution is 6.36. The van der Waals surface area contributed by atoms with E-state index in [-0.39, 0.29) is 24.3 Å². The number of carboxylic acid groups (broad SMARTS) is 2. The van der Waals surface area contributed by atoms with Crippen molar-refractivity contribution in [3.8, 4) is 0 Å². The van der Waals surface area contributed by atoms with Crippen molar-refractivity contribution in [2.24, 2.45) is 5.73 Å². The first-order chi connectivity index (χ1) is 17.7. The molecule has 1 aromatic carbocycles. The summed E-state index contributed by atoms with van der Waals surface area (Å²) in [6, 6.07) is 3.87. The zero-order valence-electron chi connectivity index (χ0n) is 22.8. The van der Waals surface area contributed by atoms with E-state index in [0.29, 0.717) is 12.8 Å². The van der Waals surface area contributed by atoms with Gasteiger partial charge in [0.15, 0.2) is 0 Å². The summed E-state index contributed by atoms with van der Waals surface area (Å²) in [5.74, 6) is -3.89. The van der Waals surface area contributed by atoms with Crippen molar-refractivity contribution in [3.63, 3.8) is 0 Å². The molecule has 0 bridgehead atoms. The SMILES string of the molecule is CC(C)(C)OC(=O)N(CCCC[C@H](N)C(=O)O)C(=O)OC(C)(C)C.O=C(O)C(=O)Nc1ccc([N+](=O)[O-])cc1. The number of hydrogen-bond acceptors (Lipinski definition) is 10. The van der Waals surface area contributed by atoms with Gasteiger partial charge in [0.25, 0.3) is 5.69 Å². The summed E-state index contributed by atoms with van der Waals surface area (Å²) in [4.78, 5) is 66.5. The quantitative estimate of drug-likeness (QED) is 0.156. The molecule has 0 saturated heterocycles. The van der Waals surface area contributed by atoms with Gasteiger partial charge in [-0.25, -0.2) is 19.3 Å². The Bertz CT molecular complexity index is 1000. The number of rotatable bonds is 8. The van der Waals surface area contributed by atoms with Gasteiger partial charge in [0.1, 0.15) is 17.2 Å². The molecule has 0 saturated carbocycles. The number of non-ortho nitro benzene ring substituents is 1. The summed E-state index contributed by atoms with van der Waals surface area (Å²) in [6.45, 7) is 10.3. The number of carboxylic acids is 2.